The van der Waals surface area contributed by atoms with E-state index >= 15 is 0 Å². The Morgan fingerprint density at radius 2 is 1.85 bits per heavy atom. The maximum atomic E-state index is 13.0. The standard InChI is InChI=1S/C23H23N5O4S/c1-3-28-21(19-11-7-13-32-19)25-26-23(28)33-15-20(29)27(2)18-10-5-4-9-17(18)22(30)24-14-16-8-6-12-31-16/h4-13H,3,14-15H2,1-2H3,(H,24,30). The van der Waals surface area contributed by atoms with Crippen LogP contribution < -0.4 is 10.2 Å². The largest absolute Gasteiger partial charge is 0.467 e. The second-order valence-corrected chi connectivity index (χ2v) is 7.99. The minimum atomic E-state index is -0.289. The molecule has 0 aliphatic rings. The van der Waals surface area contributed by atoms with E-state index in [1.54, 1.807) is 62.0 Å². The Labute approximate surface area is 194 Å². The van der Waals surface area contributed by atoms with Crippen molar-refractivity contribution in [3.05, 3.63) is 72.4 Å². The number of hydrogen-bond donors (Lipinski definition) is 1. The third-order valence-corrected chi connectivity index (χ3v) is 5.94. The molecular weight excluding hydrogens is 442 g/mol. The van der Waals surface area contributed by atoms with E-state index in [4.69, 9.17) is 8.83 Å². The van der Waals surface area contributed by atoms with Crippen molar-refractivity contribution in [3.63, 3.8) is 0 Å². The molecule has 0 aliphatic carbocycles. The highest BCUT2D eigenvalue weighted by molar-refractivity contribution is 7.99. The number of carbonyl (C=O) groups excluding carboxylic acids is 2. The summed E-state index contributed by atoms with van der Waals surface area (Å²) in [6, 6.07) is 14.1. The molecule has 1 N–H and O–H groups in total. The summed E-state index contributed by atoms with van der Waals surface area (Å²) in [5.41, 5.74) is 0.926. The molecule has 0 aliphatic heterocycles. The van der Waals surface area contributed by atoms with Gasteiger partial charge in [-0.2, -0.15) is 0 Å². The molecule has 4 rings (SSSR count). The molecule has 0 bridgehead atoms. The first-order chi connectivity index (χ1) is 16.1. The Morgan fingerprint density at radius 1 is 1.06 bits per heavy atom. The van der Waals surface area contributed by atoms with Crippen LogP contribution in [0.4, 0.5) is 5.69 Å². The number of hydrogen-bond acceptors (Lipinski definition) is 7. The minimum Gasteiger partial charge on any atom is -0.467 e. The quantitative estimate of drug-likeness (QED) is 0.374. The van der Waals surface area contributed by atoms with Crippen LogP contribution in [0.15, 0.2) is 75.0 Å². The Kier molecular flexibility index (Phi) is 6.94. The van der Waals surface area contributed by atoms with Gasteiger partial charge in [-0.15, -0.1) is 10.2 Å². The zero-order valence-corrected chi connectivity index (χ0v) is 19.0. The monoisotopic (exact) mass is 465 g/mol. The molecule has 0 fully saturated rings. The van der Waals surface area contributed by atoms with Crippen molar-refractivity contribution in [2.75, 3.05) is 17.7 Å². The number of amides is 2. The molecule has 0 unspecified atom stereocenters. The average Bonchev–Trinajstić information content (AvgIpc) is 3.61. The van der Waals surface area contributed by atoms with Gasteiger partial charge in [-0.3, -0.25) is 14.2 Å². The normalized spacial score (nSPS) is 10.8. The van der Waals surface area contributed by atoms with Gasteiger partial charge in [0.15, 0.2) is 16.7 Å². The van der Waals surface area contributed by atoms with E-state index in [9.17, 15) is 9.59 Å². The highest BCUT2D eigenvalue weighted by Crippen LogP contribution is 2.26. The van der Waals surface area contributed by atoms with Gasteiger partial charge in [-0.1, -0.05) is 23.9 Å². The van der Waals surface area contributed by atoms with Crippen molar-refractivity contribution in [2.24, 2.45) is 0 Å². The predicted octanol–water partition coefficient (Wildman–Crippen LogP) is 3.84. The number of furan rings is 2. The topological polar surface area (TPSA) is 106 Å². The summed E-state index contributed by atoms with van der Waals surface area (Å²) in [5.74, 6) is 1.56. The van der Waals surface area contributed by atoms with Crippen LogP contribution in [-0.4, -0.2) is 39.4 Å². The third kappa shape index (κ3) is 5.01. The fourth-order valence-corrected chi connectivity index (χ4v) is 4.18. The summed E-state index contributed by atoms with van der Waals surface area (Å²) in [6.07, 6.45) is 3.13. The fourth-order valence-electron chi connectivity index (χ4n) is 3.26. The number of nitrogens with one attached hydrogen (secondary N) is 1. The molecule has 2 amide bonds. The van der Waals surface area contributed by atoms with E-state index in [1.165, 1.54) is 16.7 Å². The van der Waals surface area contributed by atoms with Crippen molar-refractivity contribution in [3.8, 4) is 11.6 Å². The maximum Gasteiger partial charge on any atom is 0.253 e. The average molecular weight is 466 g/mol. The SMILES string of the molecule is CCn1c(SCC(=O)N(C)c2ccccc2C(=O)NCc2ccco2)nnc1-c1ccco1. The number of rotatable bonds is 9. The van der Waals surface area contributed by atoms with Crippen LogP contribution in [0.25, 0.3) is 11.6 Å². The van der Waals surface area contributed by atoms with Crippen molar-refractivity contribution in [1.29, 1.82) is 0 Å². The second kappa shape index (κ2) is 10.2. The van der Waals surface area contributed by atoms with Crippen LogP contribution in [0.5, 0.6) is 0 Å². The summed E-state index contributed by atoms with van der Waals surface area (Å²) in [4.78, 5) is 27.2. The van der Waals surface area contributed by atoms with Crippen LogP contribution in [0, 0.1) is 0 Å². The number of para-hydroxylation sites is 1. The molecule has 4 aromatic rings. The Bertz CT molecular complexity index is 1220. The van der Waals surface area contributed by atoms with Crippen LogP contribution >= 0.6 is 11.8 Å². The van der Waals surface area contributed by atoms with Crippen molar-refractivity contribution in [2.45, 2.75) is 25.2 Å². The molecule has 10 heteroatoms. The van der Waals surface area contributed by atoms with Gasteiger partial charge in [-0.05, 0) is 43.3 Å². The zero-order chi connectivity index (χ0) is 23.2. The van der Waals surface area contributed by atoms with Gasteiger partial charge in [0.2, 0.25) is 5.91 Å². The lowest BCUT2D eigenvalue weighted by molar-refractivity contribution is -0.115. The molecule has 33 heavy (non-hydrogen) atoms. The van der Waals surface area contributed by atoms with E-state index < -0.39 is 0 Å². The first kappa shape index (κ1) is 22.4. The molecule has 170 valence electrons. The fraction of sp³-hybridized carbons (Fsp3) is 0.217. The van der Waals surface area contributed by atoms with Crippen LogP contribution in [-0.2, 0) is 17.9 Å². The predicted molar refractivity (Wildman–Crippen MR) is 124 cm³/mol. The highest BCUT2D eigenvalue weighted by Gasteiger charge is 2.21. The smallest absolute Gasteiger partial charge is 0.253 e. The second-order valence-electron chi connectivity index (χ2n) is 7.05. The molecule has 0 atom stereocenters. The molecule has 0 saturated carbocycles. The number of anilines is 1. The molecule has 3 heterocycles. The summed E-state index contributed by atoms with van der Waals surface area (Å²) in [6.45, 7) is 2.87. The Balaban J connectivity index is 1.43. The first-order valence-electron chi connectivity index (χ1n) is 10.3. The number of aromatic nitrogens is 3. The molecule has 9 nitrogen and oxygen atoms in total. The number of thioether (sulfide) groups is 1. The molecule has 3 aromatic heterocycles. The lowest BCUT2D eigenvalue weighted by Crippen LogP contribution is -2.31. The summed E-state index contributed by atoms with van der Waals surface area (Å²) >= 11 is 1.29. The number of benzene rings is 1. The summed E-state index contributed by atoms with van der Waals surface area (Å²) in [5, 5.41) is 11.9. The first-order valence-corrected chi connectivity index (χ1v) is 11.3. The van der Waals surface area contributed by atoms with Crippen LogP contribution in [0.2, 0.25) is 0 Å². The summed E-state index contributed by atoms with van der Waals surface area (Å²) < 4.78 is 12.6. The zero-order valence-electron chi connectivity index (χ0n) is 18.2. The van der Waals surface area contributed by atoms with E-state index in [1.807, 2.05) is 17.6 Å². The molecule has 1 aromatic carbocycles. The van der Waals surface area contributed by atoms with Crippen molar-refractivity contribution in [1.82, 2.24) is 20.1 Å². The van der Waals surface area contributed by atoms with Crippen LogP contribution in [0.3, 0.4) is 0 Å². The third-order valence-electron chi connectivity index (χ3n) is 4.99. The van der Waals surface area contributed by atoms with E-state index in [0.717, 1.165) is 0 Å². The number of carbonyl (C=O) groups is 2. The van der Waals surface area contributed by atoms with E-state index in [-0.39, 0.29) is 24.1 Å². The molecular formula is C23H23N5O4S. The van der Waals surface area contributed by atoms with Crippen molar-refractivity contribution < 1.29 is 18.4 Å². The Hall–Kier alpha value is -3.79. The van der Waals surface area contributed by atoms with Gasteiger partial charge in [0, 0.05) is 13.6 Å². The molecule has 0 radical (unpaired) electrons. The Morgan fingerprint density at radius 3 is 2.58 bits per heavy atom. The van der Waals surface area contributed by atoms with E-state index in [2.05, 4.69) is 15.5 Å². The number of nitrogens with zero attached hydrogens (tertiary/aromatic N) is 4. The minimum absolute atomic E-state index is 0.134. The van der Waals surface area contributed by atoms with Gasteiger partial charge in [0.25, 0.3) is 5.91 Å². The van der Waals surface area contributed by atoms with Gasteiger partial charge in [0.1, 0.15) is 5.76 Å². The lowest BCUT2D eigenvalue weighted by Gasteiger charge is -2.20. The summed E-state index contributed by atoms with van der Waals surface area (Å²) in [7, 11) is 1.65. The van der Waals surface area contributed by atoms with Gasteiger partial charge in [-0.25, -0.2) is 0 Å². The van der Waals surface area contributed by atoms with Gasteiger partial charge >= 0.3 is 0 Å². The lowest BCUT2D eigenvalue weighted by atomic mass is 10.1. The van der Waals surface area contributed by atoms with Gasteiger partial charge < -0.3 is 19.1 Å². The molecule has 0 saturated heterocycles. The van der Waals surface area contributed by atoms with Crippen LogP contribution in [0.1, 0.15) is 23.0 Å². The van der Waals surface area contributed by atoms with Crippen molar-refractivity contribution >= 4 is 29.3 Å². The maximum absolute atomic E-state index is 13.0. The highest BCUT2D eigenvalue weighted by atomic mass is 32.2. The molecule has 0 spiro atoms. The van der Waals surface area contributed by atoms with Gasteiger partial charge in [0.05, 0.1) is 36.1 Å². The van der Waals surface area contributed by atoms with E-state index in [0.29, 0.717) is 40.3 Å².